The van der Waals surface area contributed by atoms with Crippen molar-refractivity contribution in [1.29, 1.82) is 0 Å². The lowest BCUT2D eigenvalue weighted by molar-refractivity contribution is 0.0261. The molecular weight excluding hydrogens is 276 g/mol. The molecule has 9 heteroatoms. The summed E-state index contributed by atoms with van der Waals surface area (Å²) in [4.78, 5) is 27.3. The fourth-order valence-corrected chi connectivity index (χ4v) is 1.31. The number of carbonyl (C=O) groups excluding carboxylic acids is 2. The van der Waals surface area contributed by atoms with Gasteiger partial charge in [0.1, 0.15) is 11.4 Å². The van der Waals surface area contributed by atoms with Crippen LogP contribution < -0.4 is 11.2 Å². The first-order valence-corrected chi connectivity index (χ1v) is 6.10. The molecule has 1 aromatic rings. The van der Waals surface area contributed by atoms with Crippen molar-refractivity contribution in [3.8, 4) is 0 Å². The van der Waals surface area contributed by atoms with Gasteiger partial charge in [0.15, 0.2) is 0 Å². The molecule has 0 radical (unpaired) electrons. The van der Waals surface area contributed by atoms with E-state index in [1.807, 2.05) is 0 Å². The Balaban J connectivity index is 2.63. The molecule has 1 rings (SSSR count). The van der Waals surface area contributed by atoms with Crippen LogP contribution in [0.5, 0.6) is 0 Å². The third kappa shape index (κ3) is 5.14. The lowest BCUT2D eigenvalue weighted by atomic mass is 10.1. The first-order chi connectivity index (χ1) is 9.04. The van der Waals surface area contributed by atoms with Gasteiger partial charge in [0.2, 0.25) is 0 Å². The smallest absolute Gasteiger partial charge is 0.356 e. The van der Waals surface area contributed by atoms with Crippen molar-refractivity contribution in [2.75, 3.05) is 13.1 Å². The summed E-state index contributed by atoms with van der Waals surface area (Å²) in [5.74, 6) is -1.68. The Kier molecular flexibility index (Phi) is 6.09. The molecule has 0 aliphatic rings. The Bertz CT molecular complexity index is 475. The van der Waals surface area contributed by atoms with Gasteiger partial charge in [-0.05, 0) is 24.3 Å². The minimum atomic E-state index is -2.93. The van der Waals surface area contributed by atoms with Crippen LogP contribution in [0.25, 0.3) is 0 Å². The summed E-state index contributed by atoms with van der Waals surface area (Å²) in [6, 6.07) is 5.09. The van der Waals surface area contributed by atoms with Crippen molar-refractivity contribution in [2.45, 2.75) is 0 Å². The van der Waals surface area contributed by atoms with Crippen LogP contribution in [0.3, 0.4) is 0 Å². The summed E-state index contributed by atoms with van der Waals surface area (Å²) in [6.07, 6.45) is 0. The molecule has 0 bridgehead atoms. The zero-order chi connectivity index (χ0) is 14.3. The number of rotatable bonds is 6. The summed E-state index contributed by atoms with van der Waals surface area (Å²) >= 11 is -2.93. The van der Waals surface area contributed by atoms with Crippen LogP contribution in [-0.4, -0.2) is 33.8 Å². The molecule has 0 fully saturated rings. The summed E-state index contributed by atoms with van der Waals surface area (Å²) in [5, 5.41) is 0. The number of nitrogens with two attached hydrogens (primary N) is 1. The maximum Gasteiger partial charge on any atom is 0.356 e. The van der Waals surface area contributed by atoms with Crippen molar-refractivity contribution < 1.29 is 27.4 Å². The van der Waals surface area contributed by atoms with Gasteiger partial charge in [0, 0.05) is 13.1 Å². The van der Waals surface area contributed by atoms with E-state index in [9.17, 15) is 18.4 Å². The van der Waals surface area contributed by atoms with E-state index in [4.69, 9.17) is 5.73 Å². The van der Waals surface area contributed by atoms with Crippen molar-refractivity contribution in [1.82, 2.24) is 5.48 Å². The second kappa shape index (κ2) is 7.59. The Morgan fingerprint density at radius 3 is 2.21 bits per heavy atom. The van der Waals surface area contributed by atoms with Crippen molar-refractivity contribution in [3.05, 3.63) is 35.4 Å². The SMILES string of the molecule is NCCNOC(=O)c1ccc(C(=O)OS(=O)[O-])cc1. The number of hydrogen-bond acceptors (Lipinski definition) is 8. The maximum atomic E-state index is 11.4. The Labute approximate surface area is 111 Å². The van der Waals surface area contributed by atoms with E-state index < -0.39 is 23.3 Å². The third-order valence-electron chi connectivity index (χ3n) is 1.91. The molecule has 0 saturated carbocycles. The van der Waals surface area contributed by atoms with Crippen LogP contribution in [0.1, 0.15) is 20.7 Å². The molecule has 8 nitrogen and oxygen atoms in total. The molecule has 0 aromatic heterocycles. The second-order valence-corrected chi connectivity index (χ2v) is 3.80. The van der Waals surface area contributed by atoms with Crippen molar-refractivity contribution in [2.24, 2.45) is 5.73 Å². The third-order valence-corrected chi connectivity index (χ3v) is 2.20. The number of carbonyl (C=O) groups is 2. The summed E-state index contributed by atoms with van der Waals surface area (Å²) in [7, 11) is 0. The summed E-state index contributed by atoms with van der Waals surface area (Å²) in [5.41, 5.74) is 7.72. The summed E-state index contributed by atoms with van der Waals surface area (Å²) < 4.78 is 24.3. The fourth-order valence-electron chi connectivity index (χ4n) is 1.09. The van der Waals surface area contributed by atoms with Gasteiger partial charge in [-0.25, -0.2) is 13.8 Å². The molecule has 1 unspecified atom stereocenters. The van der Waals surface area contributed by atoms with Gasteiger partial charge in [-0.15, -0.1) is 0 Å². The monoisotopic (exact) mass is 287 g/mol. The molecule has 0 amide bonds. The summed E-state index contributed by atoms with van der Waals surface area (Å²) in [6.45, 7) is 0.621. The predicted molar refractivity (Wildman–Crippen MR) is 63.2 cm³/mol. The minimum Gasteiger partial charge on any atom is -0.740 e. The standard InChI is InChI=1S/C10H12N2O6S/c11-5-6-12-17-9(13)7-1-3-8(4-2-7)10(14)18-19(15)16/h1-4,12H,5-6,11H2,(H,15,16)/p-1. The number of hydroxylamine groups is 1. The van der Waals surface area contributed by atoms with Crippen molar-refractivity contribution >= 4 is 23.3 Å². The fraction of sp³-hybridized carbons (Fsp3) is 0.200. The maximum absolute atomic E-state index is 11.4. The molecule has 104 valence electrons. The van der Waals surface area contributed by atoms with Crippen LogP contribution in [0.15, 0.2) is 24.3 Å². The molecular formula is C10H11N2O6S-. The largest absolute Gasteiger partial charge is 0.740 e. The minimum absolute atomic E-state index is 0.00401. The molecule has 3 N–H and O–H groups in total. The molecule has 0 heterocycles. The highest BCUT2D eigenvalue weighted by Crippen LogP contribution is 2.07. The number of nitrogens with one attached hydrogen (secondary N) is 1. The Morgan fingerprint density at radius 1 is 1.21 bits per heavy atom. The molecule has 0 aliphatic heterocycles. The van der Waals surface area contributed by atoms with Crippen LogP contribution >= 0.6 is 0 Å². The van der Waals surface area contributed by atoms with Gasteiger partial charge < -0.3 is 19.3 Å². The van der Waals surface area contributed by atoms with Crippen LogP contribution in [0.2, 0.25) is 0 Å². The highest BCUT2D eigenvalue weighted by molar-refractivity contribution is 7.74. The number of hydrogen-bond donors (Lipinski definition) is 2. The quantitative estimate of drug-likeness (QED) is 0.397. The van der Waals surface area contributed by atoms with Crippen LogP contribution in [0, 0.1) is 0 Å². The van der Waals surface area contributed by atoms with E-state index in [-0.39, 0.29) is 11.1 Å². The first-order valence-electron chi connectivity index (χ1n) is 5.10. The normalized spacial score (nSPS) is 11.7. The highest BCUT2D eigenvalue weighted by Gasteiger charge is 2.11. The lowest BCUT2D eigenvalue weighted by Crippen LogP contribution is -2.25. The average molecular weight is 287 g/mol. The van der Waals surface area contributed by atoms with E-state index in [1.54, 1.807) is 0 Å². The Morgan fingerprint density at radius 2 is 1.74 bits per heavy atom. The highest BCUT2D eigenvalue weighted by atomic mass is 32.2. The molecule has 1 aromatic carbocycles. The van der Waals surface area contributed by atoms with Crippen LogP contribution in [-0.2, 0) is 20.4 Å². The van der Waals surface area contributed by atoms with Gasteiger partial charge in [-0.2, -0.15) is 5.48 Å². The Hall–Kier alpha value is -1.81. The van der Waals surface area contributed by atoms with Crippen LogP contribution in [0.4, 0.5) is 0 Å². The second-order valence-electron chi connectivity index (χ2n) is 3.22. The first kappa shape index (κ1) is 15.2. The molecule has 0 spiro atoms. The van der Waals surface area contributed by atoms with Gasteiger partial charge in [-0.1, -0.05) is 0 Å². The molecule has 1 atom stereocenters. The molecule has 0 aliphatic carbocycles. The zero-order valence-corrected chi connectivity index (χ0v) is 10.5. The zero-order valence-electron chi connectivity index (χ0n) is 9.66. The molecule has 0 saturated heterocycles. The van der Waals surface area contributed by atoms with E-state index in [0.29, 0.717) is 13.1 Å². The topological polar surface area (TPSA) is 131 Å². The van der Waals surface area contributed by atoms with Gasteiger partial charge in [0.05, 0.1) is 11.1 Å². The average Bonchev–Trinajstić information content (AvgIpc) is 2.38. The van der Waals surface area contributed by atoms with Gasteiger partial charge in [0.25, 0.3) is 0 Å². The predicted octanol–water partition coefficient (Wildman–Crippen LogP) is -0.742. The number of benzene rings is 1. The van der Waals surface area contributed by atoms with E-state index >= 15 is 0 Å². The molecule has 19 heavy (non-hydrogen) atoms. The van der Waals surface area contributed by atoms with E-state index in [2.05, 4.69) is 14.5 Å². The van der Waals surface area contributed by atoms with E-state index in [1.165, 1.54) is 24.3 Å². The lowest BCUT2D eigenvalue weighted by Gasteiger charge is -2.06. The van der Waals surface area contributed by atoms with Gasteiger partial charge in [-0.3, -0.25) is 0 Å². The van der Waals surface area contributed by atoms with Crippen molar-refractivity contribution in [3.63, 3.8) is 0 Å². The van der Waals surface area contributed by atoms with E-state index in [0.717, 1.165) is 0 Å². The van der Waals surface area contributed by atoms with Gasteiger partial charge >= 0.3 is 11.9 Å².